The van der Waals surface area contributed by atoms with Gasteiger partial charge in [-0.25, -0.2) is 0 Å². The van der Waals surface area contributed by atoms with Crippen LogP contribution in [-0.4, -0.2) is 24.9 Å². The second-order valence-corrected chi connectivity index (χ2v) is 7.45. The van der Waals surface area contributed by atoms with Gasteiger partial charge in [-0.15, -0.1) is 0 Å². The zero-order valence-electron chi connectivity index (χ0n) is 13.8. The van der Waals surface area contributed by atoms with Gasteiger partial charge in [0.1, 0.15) is 0 Å². The van der Waals surface area contributed by atoms with E-state index in [9.17, 15) is 9.59 Å². The van der Waals surface area contributed by atoms with E-state index in [1.165, 1.54) is 24.8 Å². The highest BCUT2D eigenvalue weighted by molar-refractivity contribution is 9.10. The van der Waals surface area contributed by atoms with Crippen molar-refractivity contribution in [3.63, 3.8) is 0 Å². The molecule has 1 heterocycles. The minimum Gasteiger partial charge on any atom is -0.355 e. The SMILES string of the molecule is O=C(NCCC1=CCCCC1)C1CC(=O)N(c2ccc(Br)cc2)C1. The summed E-state index contributed by atoms with van der Waals surface area (Å²) in [7, 11) is 0. The number of nitrogens with one attached hydrogen (secondary N) is 1. The van der Waals surface area contributed by atoms with Crippen LogP contribution in [-0.2, 0) is 9.59 Å². The average Bonchev–Trinajstić information content (AvgIpc) is 2.98. The minimum absolute atomic E-state index is 0.000582. The third-order valence-corrected chi connectivity index (χ3v) is 5.29. The maximum absolute atomic E-state index is 12.3. The molecular formula is C19H23BrN2O2. The molecule has 1 fully saturated rings. The van der Waals surface area contributed by atoms with Crippen LogP contribution in [0.3, 0.4) is 0 Å². The van der Waals surface area contributed by atoms with Gasteiger partial charge in [-0.3, -0.25) is 9.59 Å². The van der Waals surface area contributed by atoms with Crippen LogP contribution in [0.15, 0.2) is 40.4 Å². The molecule has 1 saturated heterocycles. The average molecular weight is 391 g/mol. The van der Waals surface area contributed by atoms with Gasteiger partial charge in [-0.05, 0) is 56.4 Å². The van der Waals surface area contributed by atoms with E-state index in [0.29, 0.717) is 19.5 Å². The van der Waals surface area contributed by atoms with E-state index in [-0.39, 0.29) is 17.7 Å². The number of nitrogens with zero attached hydrogens (tertiary/aromatic N) is 1. The molecule has 128 valence electrons. The maximum atomic E-state index is 12.3. The summed E-state index contributed by atoms with van der Waals surface area (Å²) < 4.78 is 0.976. The molecule has 1 aliphatic heterocycles. The Hall–Kier alpha value is -1.62. The van der Waals surface area contributed by atoms with Gasteiger partial charge in [0.2, 0.25) is 11.8 Å². The van der Waals surface area contributed by atoms with Gasteiger partial charge in [-0.2, -0.15) is 0 Å². The monoisotopic (exact) mass is 390 g/mol. The third-order valence-electron chi connectivity index (χ3n) is 4.76. The van der Waals surface area contributed by atoms with Crippen LogP contribution < -0.4 is 10.2 Å². The summed E-state index contributed by atoms with van der Waals surface area (Å²) >= 11 is 3.39. The van der Waals surface area contributed by atoms with Gasteiger partial charge in [0.25, 0.3) is 0 Å². The van der Waals surface area contributed by atoms with Crippen molar-refractivity contribution < 1.29 is 9.59 Å². The molecule has 0 bridgehead atoms. The standard InChI is InChI=1S/C19H23BrN2O2/c20-16-6-8-17(9-7-16)22-13-15(12-18(22)23)19(24)21-11-10-14-4-2-1-3-5-14/h4,6-9,15H,1-3,5,10-13H2,(H,21,24). The predicted molar refractivity (Wildman–Crippen MR) is 98.8 cm³/mol. The Balaban J connectivity index is 1.50. The van der Waals surface area contributed by atoms with Crippen LogP contribution in [0.2, 0.25) is 0 Å². The Morgan fingerprint density at radius 3 is 2.75 bits per heavy atom. The molecule has 2 aliphatic rings. The highest BCUT2D eigenvalue weighted by Gasteiger charge is 2.34. The first-order chi connectivity index (χ1) is 11.6. The summed E-state index contributed by atoms with van der Waals surface area (Å²) in [5, 5.41) is 3.01. The Morgan fingerprint density at radius 1 is 1.25 bits per heavy atom. The molecule has 1 atom stereocenters. The molecule has 24 heavy (non-hydrogen) atoms. The number of rotatable bonds is 5. The second-order valence-electron chi connectivity index (χ2n) is 6.53. The summed E-state index contributed by atoms with van der Waals surface area (Å²) in [6.45, 7) is 1.14. The summed E-state index contributed by atoms with van der Waals surface area (Å²) in [6.07, 6.45) is 8.42. The van der Waals surface area contributed by atoms with E-state index in [4.69, 9.17) is 0 Å². The molecule has 1 aromatic rings. The van der Waals surface area contributed by atoms with Crippen LogP contribution in [0.1, 0.15) is 38.5 Å². The van der Waals surface area contributed by atoms with Gasteiger partial charge in [0.15, 0.2) is 0 Å². The number of allylic oxidation sites excluding steroid dienone is 1. The van der Waals surface area contributed by atoms with Gasteiger partial charge >= 0.3 is 0 Å². The van der Waals surface area contributed by atoms with Crippen molar-refractivity contribution >= 4 is 33.4 Å². The lowest BCUT2D eigenvalue weighted by atomic mass is 9.97. The maximum Gasteiger partial charge on any atom is 0.227 e. The molecule has 1 aliphatic carbocycles. The number of carbonyl (C=O) groups excluding carboxylic acids is 2. The molecule has 2 amide bonds. The van der Waals surface area contributed by atoms with E-state index >= 15 is 0 Å². The lowest BCUT2D eigenvalue weighted by Gasteiger charge is -2.17. The van der Waals surface area contributed by atoms with Crippen LogP contribution in [0.4, 0.5) is 5.69 Å². The van der Waals surface area contributed by atoms with Crippen molar-refractivity contribution in [3.05, 3.63) is 40.4 Å². The smallest absolute Gasteiger partial charge is 0.227 e. The quantitative estimate of drug-likeness (QED) is 0.777. The number of benzene rings is 1. The van der Waals surface area contributed by atoms with Crippen LogP contribution in [0, 0.1) is 5.92 Å². The van der Waals surface area contributed by atoms with E-state index < -0.39 is 0 Å². The molecule has 1 unspecified atom stereocenters. The Labute approximate surface area is 151 Å². The molecular weight excluding hydrogens is 368 g/mol. The first-order valence-corrected chi connectivity index (χ1v) is 9.44. The summed E-state index contributed by atoms with van der Waals surface area (Å²) in [6, 6.07) is 7.62. The first kappa shape index (κ1) is 17.2. The number of hydrogen-bond donors (Lipinski definition) is 1. The lowest BCUT2D eigenvalue weighted by molar-refractivity contribution is -0.126. The summed E-state index contributed by atoms with van der Waals surface area (Å²) in [5.74, 6) is -0.228. The van der Waals surface area contributed by atoms with Crippen molar-refractivity contribution in [2.45, 2.75) is 38.5 Å². The van der Waals surface area contributed by atoms with Crippen molar-refractivity contribution in [2.24, 2.45) is 5.92 Å². The molecule has 0 aromatic heterocycles. The van der Waals surface area contributed by atoms with Crippen molar-refractivity contribution in [2.75, 3.05) is 18.0 Å². The van der Waals surface area contributed by atoms with Crippen molar-refractivity contribution in [3.8, 4) is 0 Å². The predicted octanol–water partition coefficient (Wildman–Crippen LogP) is 3.81. The highest BCUT2D eigenvalue weighted by atomic mass is 79.9. The zero-order chi connectivity index (χ0) is 16.9. The molecule has 0 radical (unpaired) electrons. The molecule has 0 spiro atoms. The van der Waals surface area contributed by atoms with Crippen LogP contribution >= 0.6 is 15.9 Å². The second kappa shape index (κ2) is 7.97. The van der Waals surface area contributed by atoms with Gasteiger partial charge in [0.05, 0.1) is 5.92 Å². The molecule has 4 nitrogen and oxygen atoms in total. The Morgan fingerprint density at radius 2 is 2.04 bits per heavy atom. The normalized spacial score (nSPS) is 20.9. The fourth-order valence-electron chi connectivity index (χ4n) is 3.38. The van der Waals surface area contributed by atoms with Crippen molar-refractivity contribution in [1.82, 2.24) is 5.32 Å². The number of halogens is 1. The molecule has 1 aromatic carbocycles. The van der Waals surface area contributed by atoms with E-state index in [2.05, 4.69) is 27.3 Å². The van der Waals surface area contributed by atoms with Crippen molar-refractivity contribution in [1.29, 1.82) is 0 Å². The van der Waals surface area contributed by atoms with Crippen LogP contribution in [0.25, 0.3) is 0 Å². The Bertz CT molecular complexity index is 639. The van der Waals surface area contributed by atoms with E-state index in [0.717, 1.165) is 23.0 Å². The molecule has 5 heteroatoms. The van der Waals surface area contributed by atoms with Gasteiger partial charge < -0.3 is 10.2 Å². The number of carbonyl (C=O) groups is 2. The summed E-state index contributed by atoms with van der Waals surface area (Å²) in [5.41, 5.74) is 2.31. The largest absolute Gasteiger partial charge is 0.355 e. The third kappa shape index (κ3) is 4.26. The Kier molecular flexibility index (Phi) is 5.72. The lowest BCUT2D eigenvalue weighted by Crippen LogP contribution is -2.33. The first-order valence-electron chi connectivity index (χ1n) is 8.65. The van der Waals surface area contributed by atoms with Gasteiger partial charge in [-0.1, -0.05) is 27.6 Å². The highest BCUT2D eigenvalue weighted by Crippen LogP contribution is 2.26. The minimum atomic E-state index is -0.249. The van der Waals surface area contributed by atoms with E-state index in [1.54, 1.807) is 4.90 Å². The van der Waals surface area contributed by atoms with Gasteiger partial charge in [0, 0.05) is 29.7 Å². The number of hydrogen-bond acceptors (Lipinski definition) is 2. The summed E-state index contributed by atoms with van der Waals surface area (Å²) in [4.78, 5) is 26.3. The molecule has 0 saturated carbocycles. The molecule has 1 N–H and O–H groups in total. The fourth-order valence-corrected chi connectivity index (χ4v) is 3.64. The topological polar surface area (TPSA) is 49.4 Å². The number of anilines is 1. The zero-order valence-corrected chi connectivity index (χ0v) is 15.3. The number of amides is 2. The van der Waals surface area contributed by atoms with E-state index in [1.807, 2.05) is 24.3 Å². The molecule has 3 rings (SSSR count). The fraction of sp³-hybridized carbons (Fsp3) is 0.474. The van der Waals surface area contributed by atoms with Crippen LogP contribution in [0.5, 0.6) is 0 Å².